The number of rotatable bonds is 3. The van der Waals surface area contributed by atoms with Crippen LogP contribution in [0.25, 0.3) is 11.5 Å². The molecule has 0 saturated heterocycles. The van der Waals surface area contributed by atoms with Crippen LogP contribution in [-0.4, -0.2) is 27.5 Å². The van der Waals surface area contributed by atoms with Crippen molar-refractivity contribution in [1.29, 1.82) is 0 Å². The molecule has 3 rings (SSSR count). The van der Waals surface area contributed by atoms with E-state index in [2.05, 4.69) is 10.1 Å². The molecule has 0 spiro atoms. The highest BCUT2D eigenvalue weighted by molar-refractivity contribution is 5.66. The van der Waals surface area contributed by atoms with Crippen LogP contribution in [0.3, 0.4) is 0 Å². The van der Waals surface area contributed by atoms with Crippen molar-refractivity contribution in [3.63, 3.8) is 0 Å². The lowest BCUT2D eigenvalue weighted by Gasteiger charge is -2.37. The highest BCUT2D eigenvalue weighted by Gasteiger charge is 2.43. The topological polar surface area (TPSA) is 88.6 Å². The lowest BCUT2D eigenvalue weighted by Crippen LogP contribution is -2.37. The monoisotopic (exact) mass is 262 g/mol. The Morgan fingerprint density at radius 2 is 2.11 bits per heavy atom. The molecule has 6 heteroatoms. The van der Waals surface area contributed by atoms with Crippen LogP contribution in [0.4, 0.5) is 0 Å². The third-order valence-corrected chi connectivity index (χ3v) is 3.63. The van der Waals surface area contributed by atoms with E-state index in [1.807, 2.05) is 0 Å². The normalized spacial score (nSPS) is 17.1. The lowest BCUT2D eigenvalue weighted by molar-refractivity contribution is -0.0858. The summed E-state index contributed by atoms with van der Waals surface area (Å²) >= 11 is 0. The first-order valence-electron chi connectivity index (χ1n) is 6.07. The lowest BCUT2D eigenvalue weighted by atomic mass is 9.79. The molecule has 0 amide bonds. The van der Waals surface area contributed by atoms with Gasteiger partial charge in [-0.1, -0.05) is 11.2 Å². The summed E-state index contributed by atoms with van der Waals surface area (Å²) in [6, 6.07) is 4.59. The third kappa shape index (κ3) is 1.76. The average Bonchev–Trinajstić information content (AvgIpc) is 2.82. The fraction of sp³-hybridized carbons (Fsp3) is 0.385. The number of phenols is 2. The maximum absolute atomic E-state index is 9.78. The van der Waals surface area contributed by atoms with Crippen LogP contribution in [0.5, 0.6) is 11.5 Å². The second kappa shape index (κ2) is 4.24. The zero-order chi connectivity index (χ0) is 13.5. The highest BCUT2D eigenvalue weighted by atomic mass is 16.5. The number of methoxy groups -OCH3 is 1. The standard InChI is InChI=1S/C13H14N2O4/c1-18-13(6-3-7-13)12-14-11(19-15-12)8-4-2-5-9(16)10(8)17/h2,4-5,16-17H,3,6-7H2,1H3. The number of aromatic hydroxyl groups is 2. The molecule has 6 nitrogen and oxygen atoms in total. The van der Waals surface area contributed by atoms with Gasteiger partial charge in [0.2, 0.25) is 5.82 Å². The third-order valence-electron chi connectivity index (χ3n) is 3.63. The van der Waals surface area contributed by atoms with Crippen molar-refractivity contribution in [3.8, 4) is 23.0 Å². The zero-order valence-corrected chi connectivity index (χ0v) is 10.5. The maximum atomic E-state index is 9.78. The Hall–Kier alpha value is -2.08. The molecule has 0 bridgehead atoms. The van der Waals surface area contributed by atoms with Crippen molar-refractivity contribution >= 4 is 0 Å². The van der Waals surface area contributed by atoms with Gasteiger partial charge in [0.25, 0.3) is 5.89 Å². The van der Waals surface area contributed by atoms with Crippen LogP contribution in [0.15, 0.2) is 22.7 Å². The SMILES string of the molecule is COC1(c2noc(-c3cccc(O)c3O)n2)CCC1. The van der Waals surface area contributed by atoms with Crippen LogP contribution in [0.2, 0.25) is 0 Å². The molecule has 0 atom stereocenters. The summed E-state index contributed by atoms with van der Waals surface area (Å²) in [5.74, 6) is 0.172. The van der Waals surface area contributed by atoms with E-state index in [1.54, 1.807) is 19.2 Å². The Kier molecular flexibility index (Phi) is 2.67. The summed E-state index contributed by atoms with van der Waals surface area (Å²) in [6.07, 6.45) is 2.78. The molecule has 1 aliphatic rings. The number of para-hydroxylation sites is 1. The molecule has 1 heterocycles. The van der Waals surface area contributed by atoms with Crippen LogP contribution in [0, 0.1) is 0 Å². The van der Waals surface area contributed by atoms with Crippen LogP contribution >= 0.6 is 0 Å². The predicted molar refractivity (Wildman–Crippen MR) is 65.6 cm³/mol. The van der Waals surface area contributed by atoms with Gasteiger partial charge in [-0.2, -0.15) is 4.98 Å². The van der Waals surface area contributed by atoms with E-state index >= 15 is 0 Å². The molecule has 1 fully saturated rings. The largest absolute Gasteiger partial charge is 0.504 e. The Bertz CT molecular complexity index is 599. The Morgan fingerprint density at radius 1 is 1.32 bits per heavy atom. The van der Waals surface area contributed by atoms with E-state index < -0.39 is 5.60 Å². The van der Waals surface area contributed by atoms with Gasteiger partial charge in [0, 0.05) is 7.11 Å². The van der Waals surface area contributed by atoms with Gasteiger partial charge in [0.15, 0.2) is 11.5 Å². The van der Waals surface area contributed by atoms with Crippen LogP contribution < -0.4 is 0 Å². The molecule has 100 valence electrons. The molecular weight excluding hydrogens is 248 g/mol. The fourth-order valence-electron chi connectivity index (χ4n) is 2.24. The molecule has 19 heavy (non-hydrogen) atoms. The number of phenolic OH excluding ortho intramolecular Hbond substituents is 2. The molecule has 0 unspecified atom stereocenters. The summed E-state index contributed by atoms with van der Waals surface area (Å²) in [4.78, 5) is 4.27. The van der Waals surface area contributed by atoms with E-state index in [-0.39, 0.29) is 17.4 Å². The van der Waals surface area contributed by atoms with Crippen molar-refractivity contribution in [2.75, 3.05) is 7.11 Å². The maximum Gasteiger partial charge on any atom is 0.261 e. The molecule has 1 aromatic heterocycles. The van der Waals surface area contributed by atoms with Gasteiger partial charge in [-0.05, 0) is 31.4 Å². The van der Waals surface area contributed by atoms with Gasteiger partial charge in [-0.25, -0.2) is 0 Å². The number of benzene rings is 1. The minimum Gasteiger partial charge on any atom is -0.504 e. The van der Waals surface area contributed by atoms with Gasteiger partial charge >= 0.3 is 0 Å². The number of nitrogens with zero attached hydrogens (tertiary/aromatic N) is 2. The van der Waals surface area contributed by atoms with Gasteiger partial charge in [0.05, 0.1) is 5.56 Å². The molecule has 1 aliphatic carbocycles. The Balaban J connectivity index is 1.99. The summed E-state index contributed by atoms with van der Waals surface area (Å²) in [7, 11) is 1.63. The molecule has 0 aliphatic heterocycles. The molecule has 1 saturated carbocycles. The first kappa shape index (κ1) is 12.0. The summed E-state index contributed by atoms with van der Waals surface area (Å²) < 4.78 is 10.6. The number of aromatic nitrogens is 2. The van der Waals surface area contributed by atoms with E-state index in [4.69, 9.17) is 9.26 Å². The van der Waals surface area contributed by atoms with E-state index in [1.165, 1.54) is 6.07 Å². The summed E-state index contributed by atoms with van der Waals surface area (Å²) in [6.45, 7) is 0. The van der Waals surface area contributed by atoms with Gasteiger partial charge in [0.1, 0.15) is 5.60 Å². The summed E-state index contributed by atoms with van der Waals surface area (Å²) in [5.41, 5.74) is -0.155. The highest BCUT2D eigenvalue weighted by Crippen LogP contribution is 2.44. The van der Waals surface area contributed by atoms with Crippen LogP contribution in [0.1, 0.15) is 25.1 Å². The first-order chi connectivity index (χ1) is 9.16. The predicted octanol–water partition coefficient (Wildman–Crippen LogP) is 2.17. The zero-order valence-electron chi connectivity index (χ0n) is 10.5. The number of hydrogen-bond acceptors (Lipinski definition) is 6. The molecule has 0 radical (unpaired) electrons. The minimum atomic E-state index is -0.464. The molecule has 2 aromatic rings. The fourth-order valence-corrected chi connectivity index (χ4v) is 2.24. The smallest absolute Gasteiger partial charge is 0.261 e. The Labute approximate surface area is 109 Å². The van der Waals surface area contributed by atoms with Crippen molar-refractivity contribution < 1.29 is 19.5 Å². The van der Waals surface area contributed by atoms with Crippen molar-refractivity contribution in [3.05, 3.63) is 24.0 Å². The van der Waals surface area contributed by atoms with Gasteiger partial charge < -0.3 is 19.5 Å². The minimum absolute atomic E-state index is 0.173. The second-order valence-electron chi connectivity index (χ2n) is 4.65. The second-order valence-corrected chi connectivity index (χ2v) is 4.65. The van der Waals surface area contributed by atoms with Gasteiger partial charge in [-0.3, -0.25) is 0 Å². The Morgan fingerprint density at radius 3 is 2.74 bits per heavy atom. The summed E-state index contributed by atoms with van der Waals surface area (Å²) in [5, 5.41) is 23.2. The van der Waals surface area contributed by atoms with E-state index in [0.717, 1.165) is 19.3 Å². The molecule has 2 N–H and O–H groups in total. The van der Waals surface area contributed by atoms with E-state index in [9.17, 15) is 10.2 Å². The molecule has 1 aromatic carbocycles. The molecular formula is C13H14N2O4. The number of ether oxygens (including phenoxy) is 1. The first-order valence-corrected chi connectivity index (χ1v) is 6.07. The van der Waals surface area contributed by atoms with Crippen molar-refractivity contribution in [2.45, 2.75) is 24.9 Å². The number of hydrogen-bond donors (Lipinski definition) is 2. The average molecular weight is 262 g/mol. The van der Waals surface area contributed by atoms with Crippen molar-refractivity contribution in [1.82, 2.24) is 10.1 Å². The quantitative estimate of drug-likeness (QED) is 0.824. The van der Waals surface area contributed by atoms with E-state index in [0.29, 0.717) is 11.4 Å². The van der Waals surface area contributed by atoms with Gasteiger partial charge in [-0.15, -0.1) is 0 Å². The van der Waals surface area contributed by atoms with Crippen LogP contribution in [-0.2, 0) is 10.3 Å². The van der Waals surface area contributed by atoms with Crippen molar-refractivity contribution in [2.24, 2.45) is 0 Å².